The van der Waals surface area contributed by atoms with Crippen LogP contribution >= 0.6 is 28.6 Å². The predicted octanol–water partition coefficient (Wildman–Crippen LogP) is 4.07. The van der Waals surface area contributed by atoms with Crippen molar-refractivity contribution >= 4 is 40.2 Å². The zero-order valence-corrected chi connectivity index (χ0v) is 13.0. The molecule has 0 saturated carbocycles. The van der Waals surface area contributed by atoms with E-state index in [0.29, 0.717) is 16.6 Å². The zero-order valence-electron chi connectivity index (χ0n) is 10.5. The third kappa shape index (κ3) is 4.08. The molecule has 2 rings (SSSR count). The van der Waals surface area contributed by atoms with Gasteiger partial charge in [0.15, 0.2) is 0 Å². The van der Waals surface area contributed by atoms with Crippen LogP contribution in [0.2, 0.25) is 0 Å². The van der Waals surface area contributed by atoms with Crippen LogP contribution in [-0.2, 0) is 11.2 Å². The Bertz CT molecular complexity index is 606. The average Bonchev–Trinajstić information content (AvgIpc) is 2.44. The summed E-state index contributed by atoms with van der Waals surface area (Å²) in [5.74, 6) is -0.661. The topological polar surface area (TPSA) is 29.1 Å². The lowest BCUT2D eigenvalue weighted by Crippen LogP contribution is -2.25. The molecule has 0 bridgehead atoms. The lowest BCUT2D eigenvalue weighted by Gasteiger charge is -2.13. The van der Waals surface area contributed by atoms with Gasteiger partial charge in [0.25, 0.3) is 0 Å². The molecule has 2 aromatic rings. The molecule has 0 aliphatic carbocycles. The lowest BCUT2D eigenvalue weighted by atomic mass is 10.1. The number of amides is 1. The number of thiol groups is 1. The van der Waals surface area contributed by atoms with Crippen molar-refractivity contribution in [3.05, 3.63) is 64.4 Å². The number of hydrogen-bond donors (Lipinski definition) is 2. The van der Waals surface area contributed by atoms with Crippen LogP contribution in [0.4, 0.5) is 10.1 Å². The van der Waals surface area contributed by atoms with Crippen LogP contribution in [0.25, 0.3) is 0 Å². The van der Waals surface area contributed by atoms with Gasteiger partial charge in [-0.3, -0.25) is 4.79 Å². The number of anilines is 1. The predicted molar refractivity (Wildman–Crippen MR) is 85.6 cm³/mol. The summed E-state index contributed by atoms with van der Waals surface area (Å²) in [6, 6.07) is 13.8. The van der Waals surface area contributed by atoms with Crippen molar-refractivity contribution in [3.8, 4) is 0 Å². The van der Waals surface area contributed by atoms with Crippen molar-refractivity contribution in [3.63, 3.8) is 0 Å². The first-order valence-corrected chi connectivity index (χ1v) is 7.35. The highest BCUT2D eigenvalue weighted by Gasteiger charge is 2.16. The van der Waals surface area contributed by atoms with Crippen LogP contribution in [0.15, 0.2) is 53.0 Å². The average molecular weight is 354 g/mol. The zero-order chi connectivity index (χ0) is 14.5. The number of halogens is 2. The largest absolute Gasteiger partial charge is 0.324 e. The Morgan fingerprint density at radius 2 is 1.95 bits per heavy atom. The fourth-order valence-electron chi connectivity index (χ4n) is 1.74. The van der Waals surface area contributed by atoms with Gasteiger partial charge in [0.05, 0.1) is 10.9 Å². The Kier molecular flexibility index (Phi) is 5.20. The maximum Gasteiger partial charge on any atom is 0.237 e. The van der Waals surface area contributed by atoms with Gasteiger partial charge in [-0.15, -0.1) is 0 Å². The summed E-state index contributed by atoms with van der Waals surface area (Å²) >= 11 is 7.57. The molecular formula is C15H13BrFNOS. The molecule has 0 aliphatic heterocycles. The molecular weight excluding hydrogens is 341 g/mol. The van der Waals surface area contributed by atoms with E-state index in [1.807, 2.05) is 30.3 Å². The molecule has 1 atom stereocenters. The van der Waals surface area contributed by atoms with Crippen LogP contribution in [0, 0.1) is 5.82 Å². The summed E-state index contributed by atoms with van der Waals surface area (Å²) in [5, 5.41) is 2.18. The highest BCUT2D eigenvalue weighted by Crippen LogP contribution is 2.23. The molecule has 2 aromatic carbocycles. The number of rotatable bonds is 4. The van der Waals surface area contributed by atoms with Gasteiger partial charge in [0.2, 0.25) is 5.91 Å². The summed E-state index contributed by atoms with van der Waals surface area (Å²) < 4.78 is 13.8. The molecule has 0 spiro atoms. The highest BCUT2D eigenvalue weighted by molar-refractivity contribution is 9.10. The Balaban J connectivity index is 2.02. The highest BCUT2D eigenvalue weighted by atomic mass is 79.9. The molecule has 0 aliphatic rings. The quantitative estimate of drug-likeness (QED) is 0.797. The molecule has 2 nitrogen and oxygen atoms in total. The Morgan fingerprint density at radius 1 is 1.25 bits per heavy atom. The van der Waals surface area contributed by atoms with Crippen LogP contribution in [0.3, 0.4) is 0 Å². The Morgan fingerprint density at radius 3 is 2.65 bits per heavy atom. The second kappa shape index (κ2) is 6.90. The van der Waals surface area contributed by atoms with E-state index in [4.69, 9.17) is 0 Å². The summed E-state index contributed by atoms with van der Waals surface area (Å²) in [7, 11) is 0. The normalized spacial score (nSPS) is 11.9. The van der Waals surface area contributed by atoms with Gasteiger partial charge in [-0.05, 0) is 46.1 Å². The Hall–Kier alpha value is -1.33. The van der Waals surface area contributed by atoms with E-state index in [2.05, 4.69) is 33.9 Å². The van der Waals surface area contributed by atoms with Crippen molar-refractivity contribution in [2.75, 3.05) is 5.32 Å². The minimum absolute atomic E-state index is 0.261. The number of hydrogen-bond acceptors (Lipinski definition) is 2. The van der Waals surface area contributed by atoms with Crippen molar-refractivity contribution in [2.24, 2.45) is 0 Å². The second-order valence-corrected chi connectivity index (χ2v) is 5.80. The molecule has 0 heterocycles. The van der Waals surface area contributed by atoms with E-state index in [9.17, 15) is 9.18 Å². The minimum Gasteiger partial charge on any atom is -0.324 e. The molecule has 5 heteroatoms. The SMILES string of the molecule is O=C(Nc1cc(F)ccc1Br)C(S)Cc1ccccc1. The molecule has 1 N–H and O–H groups in total. The third-order valence-electron chi connectivity index (χ3n) is 2.76. The smallest absolute Gasteiger partial charge is 0.237 e. The number of carbonyl (C=O) groups is 1. The van der Waals surface area contributed by atoms with Crippen LogP contribution < -0.4 is 5.32 Å². The molecule has 0 radical (unpaired) electrons. The molecule has 0 aromatic heterocycles. The second-order valence-electron chi connectivity index (χ2n) is 4.32. The molecule has 1 amide bonds. The van der Waals surface area contributed by atoms with Crippen molar-refractivity contribution < 1.29 is 9.18 Å². The summed E-state index contributed by atoms with van der Waals surface area (Å²) in [5.41, 5.74) is 1.43. The Labute approximate surface area is 130 Å². The van der Waals surface area contributed by atoms with Gasteiger partial charge >= 0.3 is 0 Å². The van der Waals surface area contributed by atoms with Crippen LogP contribution in [0.1, 0.15) is 5.56 Å². The number of benzene rings is 2. The van der Waals surface area contributed by atoms with E-state index in [1.54, 1.807) is 6.07 Å². The van der Waals surface area contributed by atoms with E-state index in [-0.39, 0.29) is 5.91 Å². The summed E-state index contributed by atoms with van der Waals surface area (Å²) in [6.45, 7) is 0. The van der Waals surface area contributed by atoms with E-state index in [1.165, 1.54) is 12.1 Å². The number of carbonyl (C=O) groups excluding carboxylic acids is 1. The maximum absolute atomic E-state index is 13.2. The van der Waals surface area contributed by atoms with Crippen molar-refractivity contribution in [1.29, 1.82) is 0 Å². The molecule has 0 fully saturated rings. The summed E-state index contributed by atoms with van der Waals surface area (Å²) in [6.07, 6.45) is 0.517. The van der Waals surface area contributed by atoms with Crippen molar-refractivity contribution in [2.45, 2.75) is 11.7 Å². The monoisotopic (exact) mass is 353 g/mol. The van der Waals surface area contributed by atoms with Gasteiger partial charge in [0, 0.05) is 4.47 Å². The van der Waals surface area contributed by atoms with E-state index in [0.717, 1.165) is 5.56 Å². The van der Waals surface area contributed by atoms with Crippen LogP contribution in [-0.4, -0.2) is 11.2 Å². The fraction of sp³-hybridized carbons (Fsp3) is 0.133. The molecule has 104 valence electrons. The standard InChI is InChI=1S/C15H13BrFNOS/c16-12-7-6-11(17)9-13(12)18-15(19)14(20)8-10-4-2-1-3-5-10/h1-7,9,14,20H,8H2,(H,18,19). The molecule has 1 unspecified atom stereocenters. The van der Waals surface area contributed by atoms with E-state index < -0.39 is 11.1 Å². The molecule has 20 heavy (non-hydrogen) atoms. The molecule has 0 saturated heterocycles. The van der Waals surface area contributed by atoms with Gasteiger partial charge in [-0.1, -0.05) is 30.3 Å². The number of nitrogens with one attached hydrogen (secondary N) is 1. The third-order valence-corrected chi connectivity index (χ3v) is 3.87. The van der Waals surface area contributed by atoms with Gasteiger partial charge in [0.1, 0.15) is 5.82 Å². The van der Waals surface area contributed by atoms with E-state index >= 15 is 0 Å². The van der Waals surface area contributed by atoms with Crippen molar-refractivity contribution in [1.82, 2.24) is 0 Å². The van der Waals surface area contributed by atoms with Gasteiger partial charge in [-0.2, -0.15) is 12.6 Å². The minimum atomic E-state index is -0.493. The first kappa shape index (κ1) is 15.1. The lowest BCUT2D eigenvalue weighted by molar-refractivity contribution is -0.115. The fourth-order valence-corrected chi connectivity index (χ4v) is 2.36. The summed E-state index contributed by atoms with van der Waals surface area (Å²) in [4.78, 5) is 12.0. The maximum atomic E-state index is 13.2. The van der Waals surface area contributed by atoms with Gasteiger partial charge < -0.3 is 5.32 Å². The van der Waals surface area contributed by atoms with Crippen LogP contribution in [0.5, 0.6) is 0 Å². The first-order chi connectivity index (χ1) is 9.56. The first-order valence-electron chi connectivity index (χ1n) is 6.04. The van der Waals surface area contributed by atoms with Gasteiger partial charge in [-0.25, -0.2) is 4.39 Å².